The number of hydrogen-bond acceptors (Lipinski definition) is 3. The Morgan fingerprint density at radius 3 is 2.44 bits per heavy atom. The average molecular weight is 365 g/mol. The summed E-state index contributed by atoms with van der Waals surface area (Å²) in [6, 6.07) is 15.9. The maximum atomic E-state index is 13.0. The standard InChI is InChI=1S/C21H23N3O3/c1-4-27-17-12-10-15(11-13-17)19-18(14(2)24(3)21(26)23-19)20(25)22-16-8-6-5-7-9-16/h5-13,19H,4H2,1-3H3,(H,22,25)(H,23,26)/t19-/m1/s1. The van der Waals surface area contributed by atoms with E-state index in [1.54, 1.807) is 14.0 Å². The molecule has 6 heteroatoms. The van der Waals surface area contributed by atoms with Gasteiger partial charge in [-0.3, -0.25) is 4.79 Å². The Balaban J connectivity index is 1.95. The second-order valence-corrected chi connectivity index (χ2v) is 6.26. The van der Waals surface area contributed by atoms with Gasteiger partial charge in [0.1, 0.15) is 5.75 Å². The number of urea groups is 1. The lowest BCUT2D eigenvalue weighted by Gasteiger charge is -2.33. The number of anilines is 1. The fourth-order valence-electron chi connectivity index (χ4n) is 3.02. The minimum atomic E-state index is -0.534. The first-order valence-corrected chi connectivity index (χ1v) is 8.85. The smallest absolute Gasteiger partial charge is 0.322 e. The maximum absolute atomic E-state index is 13.0. The molecule has 3 amide bonds. The van der Waals surface area contributed by atoms with Crippen LogP contribution in [0, 0.1) is 0 Å². The van der Waals surface area contributed by atoms with Crippen LogP contribution in [0.15, 0.2) is 65.9 Å². The van der Waals surface area contributed by atoms with Gasteiger partial charge in [0, 0.05) is 18.4 Å². The fraction of sp³-hybridized carbons (Fsp3) is 0.238. The van der Waals surface area contributed by atoms with Crippen LogP contribution < -0.4 is 15.4 Å². The highest BCUT2D eigenvalue weighted by atomic mass is 16.5. The normalized spacial score (nSPS) is 16.8. The molecule has 1 atom stereocenters. The predicted molar refractivity (Wildman–Crippen MR) is 104 cm³/mol. The minimum absolute atomic E-state index is 0.246. The van der Waals surface area contributed by atoms with Gasteiger partial charge in [-0.15, -0.1) is 0 Å². The number of carbonyl (C=O) groups excluding carboxylic acids is 2. The van der Waals surface area contributed by atoms with E-state index in [0.717, 1.165) is 11.3 Å². The number of benzene rings is 2. The van der Waals surface area contributed by atoms with Crippen molar-refractivity contribution in [2.75, 3.05) is 19.0 Å². The van der Waals surface area contributed by atoms with Crippen molar-refractivity contribution in [3.63, 3.8) is 0 Å². The lowest BCUT2D eigenvalue weighted by molar-refractivity contribution is -0.113. The molecule has 0 bridgehead atoms. The zero-order valence-corrected chi connectivity index (χ0v) is 15.7. The number of para-hydroxylation sites is 1. The maximum Gasteiger partial charge on any atom is 0.322 e. The zero-order chi connectivity index (χ0) is 19.4. The monoisotopic (exact) mass is 365 g/mol. The van der Waals surface area contributed by atoms with Crippen LogP contribution in [-0.4, -0.2) is 30.5 Å². The van der Waals surface area contributed by atoms with Gasteiger partial charge < -0.3 is 20.3 Å². The summed E-state index contributed by atoms with van der Waals surface area (Å²) < 4.78 is 5.47. The second kappa shape index (κ2) is 7.95. The Hall–Kier alpha value is -3.28. The molecule has 6 nitrogen and oxygen atoms in total. The van der Waals surface area contributed by atoms with Crippen molar-refractivity contribution in [3.8, 4) is 5.75 Å². The van der Waals surface area contributed by atoms with Crippen LogP contribution in [-0.2, 0) is 4.79 Å². The van der Waals surface area contributed by atoms with Gasteiger partial charge >= 0.3 is 6.03 Å². The lowest BCUT2D eigenvalue weighted by Crippen LogP contribution is -2.46. The van der Waals surface area contributed by atoms with Crippen molar-refractivity contribution in [2.45, 2.75) is 19.9 Å². The quantitative estimate of drug-likeness (QED) is 0.849. The molecule has 0 aromatic heterocycles. The Kier molecular flexibility index (Phi) is 5.45. The molecule has 0 fully saturated rings. The number of ether oxygens (including phenoxy) is 1. The Bertz CT molecular complexity index is 860. The summed E-state index contributed by atoms with van der Waals surface area (Å²) in [7, 11) is 1.65. The summed E-state index contributed by atoms with van der Waals surface area (Å²) in [5.74, 6) is 0.501. The van der Waals surface area contributed by atoms with E-state index in [-0.39, 0.29) is 11.9 Å². The van der Waals surface area contributed by atoms with Gasteiger partial charge in [0.15, 0.2) is 0 Å². The van der Waals surface area contributed by atoms with E-state index in [1.807, 2.05) is 61.5 Å². The summed E-state index contributed by atoms with van der Waals surface area (Å²) in [4.78, 5) is 26.8. The molecular weight excluding hydrogens is 342 g/mol. The van der Waals surface area contributed by atoms with E-state index in [2.05, 4.69) is 10.6 Å². The molecule has 0 aliphatic carbocycles. The molecule has 1 aliphatic rings. The van der Waals surface area contributed by atoms with Gasteiger partial charge in [0.25, 0.3) is 5.91 Å². The van der Waals surface area contributed by atoms with Crippen LogP contribution in [0.25, 0.3) is 0 Å². The van der Waals surface area contributed by atoms with Crippen LogP contribution in [0.3, 0.4) is 0 Å². The van der Waals surface area contributed by atoms with Crippen LogP contribution >= 0.6 is 0 Å². The highest BCUT2D eigenvalue weighted by Crippen LogP contribution is 2.31. The van der Waals surface area contributed by atoms with E-state index < -0.39 is 6.04 Å². The van der Waals surface area contributed by atoms with Crippen molar-refractivity contribution < 1.29 is 14.3 Å². The first kappa shape index (κ1) is 18.5. The average Bonchev–Trinajstić information content (AvgIpc) is 2.67. The Labute approximate surface area is 158 Å². The fourth-order valence-corrected chi connectivity index (χ4v) is 3.02. The van der Waals surface area contributed by atoms with Gasteiger partial charge in [-0.25, -0.2) is 4.79 Å². The molecule has 0 saturated carbocycles. The van der Waals surface area contributed by atoms with E-state index in [0.29, 0.717) is 23.6 Å². The topological polar surface area (TPSA) is 70.7 Å². The molecule has 2 aromatic rings. The van der Waals surface area contributed by atoms with Crippen molar-refractivity contribution in [2.24, 2.45) is 0 Å². The van der Waals surface area contributed by atoms with E-state index in [9.17, 15) is 9.59 Å². The summed E-state index contributed by atoms with van der Waals surface area (Å²) >= 11 is 0. The minimum Gasteiger partial charge on any atom is -0.494 e. The highest BCUT2D eigenvalue weighted by molar-refractivity contribution is 6.06. The Morgan fingerprint density at radius 1 is 1.15 bits per heavy atom. The van der Waals surface area contributed by atoms with Crippen molar-refractivity contribution in [3.05, 3.63) is 71.4 Å². The number of amides is 3. The zero-order valence-electron chi connectivity index (χ0n) is 15.7. The highest BCUT2D eigenvalue weighted by Gasteiger charge is 2.34. The number of nitrogens with one attached hydrogen (secondary N) is 2. The van der Waals surface area contributed by atoms with E-state index >= 15 is 0 Å². The summed E-state index contributed by atoms with van der Waals surface area (Å²) in [5.41, 5.74) is 2.64. The van der Waals surface area contributed by atoms with Crippen molar-refractivity contribution >= 4 is 17.6 Å². The molecule has 0 spiro atoms. The molecule has 2 N–H and O–H groups in total. The van der Waals surface area contributed by atoms with Crippen molar-refractivity contribution in [1.29, 1.82) is 0 Å². The molecule has 2 aromatic carbocycles. The molecule has 1 heterocycles. The summed E-state index contributed by atoms with van der Waals surface area (Å²) in [6.07, 6.45) is 0. The van der Waals surface area contributed by atoms with E-state index in [4.69, 9.17) is 4.74 Å². The predicted octanol–water partition coefficient (Wildman–Crippen LogP) is 3.69. The van der Waals surface area contributed by atoms with Crippen molar-refractivity contribution in [1.82, 2.24) is 10.2 Å². The van der Waals surface area contributed by atoms with Crippen LogP contribution in [0.1, 0.15) is 25.5 Å². The third-order valence-corrected chi connectivity index (χ3v) is 4.55. The molecule has 140 valence electrons. The SMILES string of the molecule is CCOc1ccc([C@H]2NC(=O)N(C)C(C)=C2C(=O)Nc2ccccc2)cc1. The van der Waals surface area contributed by atoms with Gasteiger partial charge in [-0.2, -0.15) is 0 Å². The summed E-state index contributed by atoms with van der Waals surface area (Å²) in [5, 5.41) is 5.82. The molecule has 0 radical (unpaired) electrons. The Morgan fingerprint density at radius 2 is 1.81 bits per heavy atom. The van der Waals surface area contributed by atoms with Gasteiger partial charge in [-0.05, 0) is 43.7 Å². The number of nitrogens with zero attached hydrogens (tertiary/aromatic N) is 1. The van der Waals surface area contributed by atoms with Gasteiger partial charge in [-0.1, -0.05) is 30.3 Å². The molecule has 0 saturated heterocycles. The van der Waals surface area contributed by atoms with Crippen LogP contribution in [0.5, 0.6) is 5.75 Å². The van der Waals surface area contributed by atoms with Gasteiger partial charge in [0.05, 0.1) is 18.2 Å². The molecule has 27 heavy (non-hydrogen) atoms. The third-order valence-electron chi connectivity index (χ3n) is 4.55. The number of allylic oxidation sites excluding steroid dienone is 1. The van der Waals surface area contributed by atoms with Crippen LogP contribution in [0.4, 0.5) is 10.5 Å². The van der Waals surface area contributed by atoms with Crippen LogP contribution in [0.2, 0.25) is 0 Å². The third kappa shape index (κ3) is 3.95. The second-order valence-electron chi connectivity index (χ2n) is 6.26. The number of carbonyl (C=O) groups is 2. The molecule has 1 aliphatic heterocycles. The largest absolute Gasteiger partial charge is 0.494 e. The molecular formula is C21H23N3O3. The first-order chi connectivity index (χ1) is 13.0. The van der Waals surface area contributed by atoms with E-state index in [1.165, 1.54) is 4.90 Å². The first-order valence-electron chi connectivity index (χ1n) is 8.85. The number of rotatable bonds is 5. The lowest BCUT2D eigenvalue weighted by atomic mass is 9.94. The summed E-state index contributed by atoms with van der Waals surface area (Å²) in [6.45, 7) is 4.28. The molecule has 3 rings (SSSR count). The van der Waals surface area contributed by atoms with Gasteiger partial charge in [0.2, 0.25) is 0 Å². The molecule has 0 unspecified atom stereocenters. The number of hydrogen-bond donors (Lipinski definition) is 2.